The van der Waals surface area contributed by atoms with E-state index < -0.39 is 45.8 Å². The fraction of sp³-hybridized carbons (Fsp3) is 0.459. The number of ether oxygens (including phenoxy) is 2. The molecule has 1 heterocycles. The van der Waals surface area contributed by atoms with Gasteiger partial charge >= 0.3 is 12.2 Å². The van der Waals surface area contributed by atoms with Crippen molar-refractivity contribution in [1.82, 2.24) is 9.80 Å². The van der Waals surface area contributed by atoms with Crippen molar-refractivity contribution in [3.05, 3.63) is 83.4 Å². The molecule has 0 unspecified atom stereocenters. The fourth-order valence-corrected chi connectivity index (χ4v) is 6.74. The molecule has 0 bridgehead atoms. The number of aliphatic hydroxyl groups is 1. The molecule has 0 aromatic heterocycles. The number of sulfonamides is 1. The molecule has 3 aromatic rings. The molecule has 3 aromatic carbocycles. The minimum atomic E-state index is -4.50. The van der Waals surface area contributed by atoms with Crippen molar-refractivity contribution in [2.45, 2.75) is 76.3 Å². The molecule has 11 nitrogen and oxygen atoms in total. The molecule has 0 spiro atoms. The van der Waals surface area contributed by atoms with Crippen LogP contribution in [0.3, 0.4) is 0 Å². The lowest BCUT2D eigenvalue weighted by atomic mass is 10.0. The number of hydrogen-bond acceptors (Lipinski definition) is 7. The van der Waals surface area contributed by atoms with Crippen molar-refractivity contribution < 1.29 is 45.8 Å². The van der Waals surface area contributed by atoms with Gasteiger partial charge in [-0.25, -0.2) is 13.2 Å². The molecular formula is C37H47F3N4O7S. The number of amides is 3. The van der Waals surface area contributed by atoms with Crippen LogP contribution in [-0.2, 0) is 20.9 Å². The maximum Gasteiger partial charge on any atom is 0.416 e. The second-order valence-electron chi connectivity index (χ2n) is 13.3. The number of carbonyl (C=O) groups is 2. The highest BCUT2D eigenvalue weighted by molar-refractivity contribution is 7.92. The minimum absolute atomic E-state index is 0.0581. The van der Waals surface area contributed by atoms with Crippen LogP contribution in [0.2, 0.25) is 0 Å². The van der Waals surface area contributed by atoms with Crippen LogP contribution in [0.4, 0.5) is 29.3 Å². The summed E-state index contributed by atoms with van der Waals surface area (Å²) in [7, 11) is -2.45. The van der Waals surface area contributed by atoms with Crippen LogP contribution in [0.1, 0.15) is 61.5 Å². The van der Waals surface area contributed by atoms with Crippen molar-refractivity contribution in [3.63, 3.8) is 0 Å². The third kappa shape index (κ3) is 10.8. The van der Waals surface area contributed by atoms with Gasteiger partial charge in [0.15, 0.2) is 0 Å². The molecule has 52 heavy (non-hydrogen) atoms. The van der Waals surface area contributed by atoms with Gasteiger partial charge < -0.3 is 29.7 Å². The molecule has 1 aliphatic rings. The summed E-state index contributed by atoms with van der Waals surface area (Å²) >= 11 is 0. The van der Waals surface area contributed by atoms with Crippen LogP contribution in [0, 0.1) is 12.8 Å². The molecule has 4 atom stereocenters. The van der Waals surface area contributed by atoms with Gasteiger partial charge in [0.25, 0.3) is 15.9 Å². The average Bonchev–Trinajstić information content (AvgIpc) is 3.09. The molecule has 0 saturated heterocycles. The normalized spacial score (nSPS) is 19.8. The van der Waals surface area contributed by atoms with Crippen molar-refractivity contribution >= 4 is 33.3 Å². The van der Waals surface area contributed by atoms with Gasteiger partial charge in [0.1, 0.15) is 5.75 Å². The Morgan fingerprint density at radius 2 is 1.69 bits per heavy atom. The number of urea groups is 1. The second kappa shape index (κ2) is 17.5. The van der Waals surface area contributed by atoms with E-state index in [-0.39, 0.29) is 59.3 Å². The van der Waals surface area contributed by atoms with Crippen LogP contribution in [0.15, 0.2) is 71.6 Å². The summed E-state index contributed by atoms with van der Waals surface area (Å²) in [5, 5.41) is 12.8. The molecule has 284 valence electrons. The number of nitrogens with zero attached hydrogens (tertiary/aromatic N) is 2. The Labute approximate surface area is 303 Å². The molecular weight excluding hydrogens is 701 g/mol. The van der Waals surface area contributed by atoms with E-state index in [1.54, 1.807) is 25.1 Å². The first-order valence-corrected chi connectivity index (χ1v) is 18.6. The van der Waals surface area contributed by atoms with Crippen LogP contribution in [-0.4, -0.2) is 86.9 Å². The van der Waals surface area contributed by atoms with Crippen molar-refractivity contribution in [3.8, 4) is 5.75 Å². The van der Waals surface area contributed by atoms with Crippen molar-refractivity contribution in [2.24, 2.45) is 5.92 Å². The van der Waals surface area contributed by atoms with Gasteiger partial charge in [-0.15, -0.1) is 0 Å². The molecule has 0 aliphatic carbocycles. The largest absolute Gasteiger partial charge is 0.490 e. The Hall–Kier alpha value is -4.34. The highest BCUT2D eigenvalue weighted by Crippen LogP contribution is 2.31. The zero-order chi connectivity index (χ0) is 38.2. The van der Waals surface area contributed by atoms with Gasteiger partial charge in [0.2, 0.25) is 0 Å². The lowest BCUT2D eigenvalue weighted by molar-refractivity contribution is -0.137. The molecule has 0 radical (unpaired) electrons. The van der Waals surface area contributed by atoms with Gasteiger partial charge in [-0.2, -0.15) is 13.2 Å². The Morgan fingerprint density at radius 1 is 1.04 bits per heavy atom. The summed E-state index contributed by atoms with van der Waals surface area (Å²) in [4.78, 5) is 30.4. The number of aryl methyl sites for hydroxylation is 1. The molecule has 0 fully saturated rings. The average molecular weight is 749 g/mol. The third-order valence-corrected chi connectivity index (χ3v) is 10.3. The van der Waals surface area contributed by atoms with E-state index in [2.05, 4.69) is 10.0 Å². The predicted molar refractivity (Wildman–Crippen MR) is 192 cm³/mol. The lowest BCUT2D eigenvalue weighted by Crippen LogP contribution is -2.48. The monoisotopic (exact) mass is 748 g/mol. The number of alkyl halides is 3. The summed E-state index contributed by atoms with van der Waals surface area (Å²) in [5.74, 6) is -0.618. The number of halogens is 3. The highest BCUT2D eigenvalue weighted by atomic mass is 32.2. The Balaban J connectivity index is 1.59. The van der Waals surface area contributed by atoms with Crippen LogP contribution in [0.5, 0.6) is 5.75 Å². The maximum atomic E-state index is 14.4. The second-order valence-corrected chi connectivity index (χ2v) is 15.0. The number of carbonyl (C=O) groups excluding carboxylic acids is 2. The molecule has 4 rings (SSSR count). The van der Waals surface area contributed by atoms with E-state index >= 15 is 0 Å². The number of benzene rings is 3. The van der Waals surface area contributed by atoms with E-state index in [9.17, 15) is 36.3 Å². The zero-order valence-corrected chi connectivity index (χ0v) is 30.8. The summed E-state index contributed by atoms with van der Waals surface area (Å²) in [6.45, 7) is 7.43. The van der Waals surface area contributed by atoms with Crippen molar-refractivity contribution in [1.29, 1.82) is 0 Å². The maximum absolute atomic E-state index is 14.4. The van der Waals surface area contributed by atoms with Gasteiger partial charge in [0, 0.05) is 44.0 Å². The quantitative estimate of drug-likeness (QED) is 0.231. The summed E-state index contributed by atoms with van der Waals surface area (Å²) in [6.07, 6.45) is -3.34. The minimum Gasteiger partial charge on any atom is -0.490 e. The Bertz CT molecular complexity index is 1770. The topological polar surface area (TPSA) is 138 Å². The molecule has 3 amide bonds. The summed E-state index contributed by atoms with van der Waals surface area (Å²) < 4.78 is 80.5. The summed E-state index contributed by atoms with van der Waals surface area (Å²) in [5.41, 5.74) is 0.506. The van der Waals surface area contributed by atoms with Gasteiger partial charge in [-0.05, 0) is 94.6 Å². The smallest absolute Gasteiger partial charge is 0.416 e. The molecule has 15 heteroatoms. The van der Waals surface area contributed by atoms with Crippen LogP contribution in [0.25, 0.3) is 0 Å². The Kier molecular flexibility index (Phi) is 13.6. The first-order chi connectivity index (χ1) is 24.5. The number of anilines is 2. The molecule has 1 aliphatic heterocycles. The Morgan fingerprint density at radius 3 is 2.33 bits per heavy atom. The van der Waals surface area contributed by atoms with Gasteiger partial charge in [-0.1, -0.05) is 24.6 Å². The van der Waals surface area contributed by atoms with Gasteiger partial charge in [-0.3, -0.25) is 9.52 Å². The predicted octanol–water partition coefficient (Wildman–Crippen LogP) is 6.77. The molecule has 0 saturated carbocycles. The number of aliphatic hydroxyl groups excluding tert-OH is 1. The van der Waals surface area contributed by atoms with E-state index in [0.717, 1.165) is 24.1 Å². The number of likely N-dealkylation sites (N-methyl/N-ethyl adjacent to an activating group) is 1. The van der Waals surface area contributed by atoms with Crippen molar-refractivity contribution in [2.75, 3.05) is 43.4 Å². The summed E-state index contributed by atoms with van der Waals surface area (Å²) in [6, 6.07) is 13.8. The molecule has 3 N–H and O–H groups in total. The van der Waals surface area contributed by atoms with E-state index in [0.29, 0.717) is 19.4 Å². The van der Waals surface area contributed by atoms with Crippen LogP contribution < -0.4 is 14.8 Å². The van der Waals surface area contributed by atoms with E-state index in [1.807, 2.05) is 20.8 Å². The standard InChI is InChI=1S/C37H47F3N4O7S/c1-24-9-16-31(17-10-24)52(48,49)42-30-15-18-33-32(20-30)35(46)44(26(3)23-45)21-25(2)34(50-19-7-6-8-27(4)51-33)22-43(5)36(47)41-29-13-11-28(12-14-29)37(38,39)40/h9-18,20,25-27,34,42,45H,6-8,19,21-23H2,1-5H3,(H,41,47)/t25-,26+,27-,34+/m0/s1. The lowest BCUT2D eigenvalue weighted by Gasteiger charge is -2.35. The van der Waals surface area contributed by atoms with Crippen LogP contribution >= 0.6 is 0 Å². The zero-order valence-electron chi connectivity index (χ0n) is 29.9. The SMILES string of the molecule is Cc1ccc(S(=O)(=O)Nc2ccc3c(c2)C(=O)N([C@H](C)CO)C[C@H](C)[C@@H](CN(C)C(=O)Nc2ccc(C(F)(F)F)cc2)OCCCC[C@H](C)O3)cc1. The number of fused-ring (bicyclic) bond motifs is 1. The van der Waals surface area contributed by atoms with Gasteiger partial charge in [0.05, 0.1) is 40.9 Å². The number of rotatable bonds is 8. The number of hydrogen-bond donors (Lipinski definition) is 3. The van der Waals surface area contributed by atoms with E-state index in [4.69, 9.17) is 9.47 Å². The van der Waals surface area contributed by atoms with E-state index in [1.165, 1.54) is 53.2 Å². The highest BCUT2D eigenvalue weighted by Gasteiger charge is 2.32. The number of nitrogens with one attached hydrogen (secondary N) is 2. The fourth-order valence-electron chi connectivity index (χ4n) is 5.69. The third-order valence-electron chi connectivity index (χ3n) is 8.90. The first-order valence-electron chi connectivity index (χ1n) is 17.1. The first kappa shape index (κ1) is 40.4.